The van der Waals surface area contributed by atoms with Gasteiger partial charge in [-0.05, 0) is 11.4 Å². The minimum Gasteiger partial charge on any atom is -0.340 e. The number of thiophene rings is 1. The normalized spacial score (nSPS) is 13.1. The standard InChI is InChI=1S/C9H10ClN3S/c1-13-4-7(12-5-13)8(11)6-2-3-14-9(6)10/h2-5,8H,11H2,1H3. The topological polar surface area (TPSA) is 43.8 Å². The number of halogens is 1. The van der Waals surface area contributed by atoms with E-state index in [1.165, 1.54) is 11.3 Å². The third kappa shape index (κ3) is 1.68. The van der Waals surface area contributed by atoms with Crippen LogP contribution in [-0.4, -0.2) is 9.55 Å². The lowest BCUT2D eigenvalue weighted by atomic mass is 10.1. The third-order valence-corrected chi connectivity index (χ3v) is 3.22. The number of nitrogens with two attached hydrogens (primary N) is 1. The Morgan fingerprint density at radius 2 is 2.43 bits per heavy atom. The molecule has 2 heterocycles. The zero-order chi connectivity index (χ0) is 10.1. The highest BCUT2D eigenvalue weighted by Crippen LogP contribution is 2.29. The van der Waals surface area contributed by atoms with Crippen LogP contribution in [0.25, 0.3) is 0 Å². The number of nitrogens with zero attached hydrogens (tertiary/aromatic N) is 2. The lowest BCUT2D eigenvalue weighted by molar-refractivity contribution is 0.839. The molecule has 0 aromatic carbocycles. The molecule has 0 bridgehead atoms. The molecule has 14 heavy (non-hydrogen) atoms. The van der Waals surface area contributed by atoms with E-state index in [4.69, 9.17) is 17.3 Å². The SMILES string of the molecule is Cn1cnc(C(N)c2ccsc2Cl)c1. The summed E-state index contributed by atoms with van der Waals surface area (Å²) in [5, 5.41) is 1.93. The van der Waals surface area contributed by atoms with Gasteiger partial charge in [-0.1, -0.05) is 11.6 Å². The van der Waals surface area contributed by atoms with Gasteiger partial charge in [-0.2, -0.15) is 0 Å². The molecule has 0 aliphatic carbocycles. The van der Waals surface area contributed by atoms with Crippen LogP contribution in [0.2, 0.25) is 4.34 Å². The highest BCUT2D eigenvalue weighted by molar-refractivity contribution is 7.14. The van der Waals surface area contributed by atoms with Crippen LogP contribution < -0.4 is 5.73 Å². The fourth-order valence-corrected chi connectivity index (χ4v) is 2.28. The first kappa shape index (κ1) is 9.71. The van der Waals surface area contributed by atoms with Crippen LogP contribution in [0.3, 0.4) is 0 Å². The predicted molar refractivity (Wildman–Crippen MR) is 58.6 cm³/mol. The highest BCUT2D eigenvalue weighted by Gasteiger charge is 2.15. The minimum atomic E-state index is -0.227. The first-order chi connectivity index (χ1) is 6.68. The van der Waals surface area contributed by atoms with Gasteiger partial charge in [0.15, 0.2) is 0 Å². The number of hydrogen-bond acceptors (Lipinski definition) is 3. The average molecular weight is 228 g/mol. The quantitative estimate of drug-likeness (QED) is 0.855. The van der Waals surface area contributed by atoms with Crippen molar-refractivity contribution < 1.29 is 0 Å². The van der Waals surface area contributed by atoms with Gasteiger partial charge in [0.1, 0.15) is 0 Å². The van der Waals surface area contributed by atoms with Crippen molar-refractivity contribution in [3.8, 4) is 0 Å². The summed E-state index contributed by atoms with van der Waals surface area (Å²) in [5.41, 5.74) is 7.80. The maximum Gasteiger partial charge on any atom is 0.0980 e. The van der Waals surface area contributed by atoms with Crippen molar-refractivity contribution in [1.82, 2.24) is 9.55 Å². The van der Waals surface area contributed by atoms with E-state index in [0.717, 1.165) is 15.6 Å². The summed E-state index contributed by atoms with van der Waals surface area (Å²) in [7, 11) is 1.92. The first-order valence-electron chi connectivity index (χ1n) is 4.15. The molecular formula is C9H10ClN3S. The van der Waals surface area contributed by atoms with E-state index in [2.05, 4.69) is 4.98 Å². The summed E-state index contributed by atoms with van der Waals surface area (Å²) >= 11 is 7.48. The molecule has 2 rings (SSSR count). The zero-order valence-corrected chi connectivity index (χ0v) is 9.22. The molecule has 0 spiro atoms. The van der Waals surface area contributed by atoms with Gasteiger partial charge in [0.2, 0.25) is 0 Å². The average Bonchev–Trinajstić information content (AvgIpc) is 2.73. The summed E-state index contributed by atoms with van der Waals surface area (Å²) in [4.78, 5) is 4.20. The Balaban J connectivity index is 2.33. The summed E-state index contributed by atoms with van der Waals surface area (Å²) < 4.78 is 2.61. The molecule has 3 nitrogen and oxygen atoms in total. The summed E-state index contributed by atoms with van der Waals surface area (Å²) in [6.07, 6.45) is 3.63. The van der Waals surface area contributed by atoms with Crippen molar-refractivity contribution in [3.63, 3.8) is 0 Å². The van der Waals surface area contributed by atoms with Crippen molar-refractivity contribution >= 4 is 22.9 Å². The van der Waals surface area contributed by atoms with Crippen molar-refractivity contribution in [3.05, 3.63) is 39.6 Å². The van der Waals surface area contributed by atoms with Crippen LogP contribution in [0.5, 0.6) is 0 Å². The van der Waals surface area contributed by atoms with E-state index >= 15 is 0 Å². The van der Waals surface area contributed by atoms with E-state index in [0.29, 0.717) is 0 Å². The van der Waals surface area contributed by atoms with Gasteiger partial charge in [0.05, 0.1) is 22.4 Å². The molecule has 74 valence electrons. The molecule has 1 atom stereocenters. The molecule has 0 radical (unpaired) electrons. The zero-order valence-electron chi connectivity index (χ0n) is 7.64. The lowest BCUT2D eigenvalue weighted by Crippen LogP contribution is -2.11. The van der Waals surface area contributed by atoms with Crippen molar-refractivity contribution in [2.75, 3.05) is 0 Å². The Hall–Kier alpha value is -0.840. The Kier molecular flexibility index (Phi) is 2.58. The molecule has 0 aliphatic rings. The van der Waals surface area contributed by atoms with E-state index in [1.54, 1.807) is 6.33 Å². The minimum absolute atomic E-state index is 0.227. The van der Waals surface area contributed by atoms with Gasteiger partial charge in [-0.3, -0.25) is 0 Å². The van der Waals surface area contributed by atoms with Gasteiger partial charge >= 0.3 is 0 Å². The van der Waals surface area contributed by atoms with Crippen LogP contribution in [0.15, 0.2) is 24.0 Å². The highest BCUT2D eigenvalue weighted by atomic mass is 35.5. The Morgan fingerprint density at radius 3 is 2.93 bits per heavy atom. The molecule has 0 fully saturated rings. The molecule has 0 amide bonds. The summed E-state index contributed by atoms with van der Waals surface area (Å²) in [5.74, 6) is 0. The Labute approximate surface area is 91.1 Å². The van der Waals surface area contributed by atoms with Crippen LogP contribution in [0, 0.1) is 0 Å². The molecule has 1 unspecified atom stereocenters. The number of imidazole rings is 1. The smallest absolute Gasteiger partial charge is 0.0980 e. The second kappa shape index (κ2) is 3.73. The van der Waals surface area contributed by atoms with E-state index in [-0.39, 0.29) is 6.04 Å². The second-order valence-electron chi connectivity index (χ2n) is 3.09. The van der Waals surface area contributed by atoms with Crippen LogP contribution in [-0.2, 0) is 7.05 Å². The van der Waals surface area contributed by atoms with Gasteiger partial charge in [0.25, 0.3) is 0 Å². The van der Waals surface area contributed by atoms with E-state index < -0.39 is 0 Å². The predicted octanol–water partition coefficient (Wildman–Crippen LogP) is 2.18. The van der Waals surface area contributed by atoms with Crippen molar-refractivity contribution in [2.45, 2.75) is 6.04 Å². The number of hydrogen-bond donors (Lipinski definition) is 1. The fraction of sp³-hybridized carbons (Fsp3) is 0.222. The van der Waals surface area contributed by atoms with Crippen LogP contribution in [0.1, 0.15) is 17.3 Å². The maximum atomic E-state index is 6.02. The summed E-state index contributed by atoms with van der Waals surface area (Å²) in [6, 6.07) is 1.71. The Morgan fingerprint density at radius 1 is 1.64 bits per heavy atom. The van der Waals surface area contributed by atoms with Crippen molar-refractivity contribution in [2.24, 2.45) is 12.8 Å². The molecule has 0 saturated carbocycles. The van der Waals surface area contributed by atoms with Crippen molar-refractivity contribution in [1.29, 1.82) is 0 Å². The molecule has 2 aromatic rings. The molecule has 5 heteroatoms. The van der Waals surface area contributed by atoms with Gasteiger partial charge in [-0.25, -0.2) is 4.98 Å². The van der Waals surface area contributed by atoms with E-state index in [9.17, 15) is 0 Å². The monoisotopic (exact) mass is 227 g/mol. The molecule has 0 aliphatic heterocycles. The van der Waals surface area contributed by atoms with Gasteiger partial charge < -0.3 is 10.3 Å². The molecule has 0 saturated heterocycles. The van der Waals surface area contributed by atoms with E-state index in [1.807, 2.05) is 29.3 Å². The molecule has 2 N–H and O–H groups in total. The van der Waals surface area contributed by atoms with Crippen LogP contribution >= 0.6 is 22.9 Å². The summed E-state index contributed by atoms with van der Waals surface area (Å²) in [6.45, 7) is 0. The number of rotatable bonds is 2. The number of aryl methyl sites for hydroxylation is 1. The molecule has 2 aromatic heterocycles. The van der Waals surface area contributed by atoms with Gasteiger partial charge in [-0.15, -0.1) is 11.3 Å². The second-order valence-corrected chi connectivity index (χ2v) is 4.61. The third-order valence-electron chi connectivity index (χ3n) is 2.02. The molecular weight excluding hydrogens is 218 g/mol. The maximum absolute atomic E-state index is 6.02. The number of aromatic nitrogens is 2. The Bertz CT molecular complexity index is 435. The lowest BCUT2D eigenvalue weighted by Gasteiger charge is -2.06. The first-order valence-corrected chi connectivity index (χ1v) is 5.40. The fourth-order valence-electron chi connectivity index (χ4n) is 1.28. The van der Waals surface area contributed by atoms with Crippen LogP contribution in [0.4, 0.5) is 0 Å². The largest absolute Gasteiger partial charge is 0.340 e. The van der Waals surface area contributed by atoms with Gasteiger partial charge in [0, 0.05) is 18.8 Å².